The molecule has 1 saturated carbocycles. The topological polar surface area (TPSA) is 59.4 Å². The Kier molecular flexibility index (Phi) is 10.6. The Bertz CT molecular complexity index is 1270. The summed E-state index contributed by atoms with van der Waals surface area (Å²) in [5.74, 6) is 2.89. The van der Waals surface area contributed by atoms with E-state index in [1.165, 1.54) is 56.1 Å². The number of ether oxygens (including phenoxy) is 1. The van der Waals surface area contributed by atoms with Crippen LogP contribution in [0.15, 0.2) is 36.4 Å². The van der Waals surface area contributed by atoms with Gasteiger partial charge in [0.25, 0.3) is 5.91 Å². The second-order valence-corrected chi connectivity index (χ2v) is 12.2. The molecule has 0 bridgehead atoms. The van der Waals surface area contributed by atoms with E-state index in [1.54, 1.807) is 0 Å². The molecule has 6 heteroatoms. The first kappa shape index (κ1) is 29.5. The highest BCUT2D eigenvalue weighted by Gasteiger charge is 2.19. The summed E-state index contributed by atoms with van der Waals surface area (Å²) in [7, 11) is 0. The van der Waals surface area contributed by atoms with Crippen LogP contribution in [0.4, 0.5) is 5.95 Å². The fourth-order valence-electron chi connectivity index (χ4n) is 6.51. The zero-order valence-corrected chi connectivity index (χ0v) is 25.4. The van der Waals surface area contributed by atoms with Gasteiger partial charge in [0.15, 0.2) is 0 Å². The minimum atomic E-state index is 0.146. The van der Waals surface area contributed by atoms with Gasteiger partial charge in [-0.15, -0.1) is 0 Å². The zero-order chi connectivity index (χ0) is 28.4. The Balaban J connectivity index is 1.37. The molecule has 1 aliphatic carbocycles. The van der Waals surface area contributed by atoms with Gasteiger partial charge in [0.2, 0.25) is 5.95 Å². The van der Waals surface area contributed by atoms with Gasteiger partial charge in [0.05, 0.1) is 17.6 Å². The molecule has 1 aromatic heterocycles. The number of nitrogens with one attached hydrogen (secondary N) is 1. The lowest BCUT2D eigenvalue weighted by atomic mass is 9.95. The Morgan fingerprint density at radius 2 is 1.78 bits per heavy atom. The fraction of sp³-hybridized carbons (Fsp3) is 0.600. The van der Waals surface area contributed by atoms with Gasteiger partial charge >= 0.3 is 0 Å². The zero-order valence-electron chi connectivity index (χ0n) is 25.4. The molecule has 0 unspecified atom stereocenters. The fourth-order valence-corrected chi connectivity index (χ4v) is 6.51. The molecule has 0 saturated heterocycles. The SMILES string of the molecule is CCCCN(CCCC)C(=O)c1ccc2nc(NCc3ccc4c(c3)OCC4)n(CCCC3CCCCCC3)c2c1. The van der Waals surface area contributed by atoms with Crippen LogP contribution in [0.3, 0.4) is 0 Å². The maximum Gasteiger partial charge on any atom is 0.253 e. The number of aromatic nitrogens is 2. The van der Waals surface area contributed by atoms with Crippen molar-refractivity contribution in [2.45, 2.75) is 110 Å². The number of anilines is 1. The third-order valence-corrected chi connectivity index (χ3v) is 9.03. The Hall–Kier alpha value is -3.02. The van der Waals surface area contributed by atoms with Crippen LogP contribution in [0.5, 0.6) is 5.75 Å². The smallest absolute Gasteiger partial charge is 0.253 e. The molecule has 6 nitrogen and oxygen atoms in total. The van der Waals surface area contributed by atoms with Crippen molar-refractivity contribution in [3.63, 3.8) is 0 Å². The number of imidazole rings is 1. The van der Waals surface area contributed by atoms with Crippen molar-refractivity contribution < 1.29 is 9.53 Å². The maximum absolute atomic E-state index is 13.6. The normalized spacial score (nSPS) is 15.5. The van der Waals surface area contributed by atoms with Gasteiger partial charge in [0, 0.05) is 38.2 Å². The first-order valence-corrected chi connectivity index (χ1v) is 16.4. The standard InChI is InChI=1S/C35H50N4O2/c1-3-5-20-38(21-6-4-2)34(40)30-17-18-31-32(25-30)39(22-11-14-27-12-9-7-8-10-13-27)35(37-31)36-26-28-15-16-29-19-23-41-33(29)24-28/h15-18,24-25,27H,3-14,19-23,26H2,1-2H3,(H,36,37). The summed E-state index contributed by atoms with van der Waals surface area (Å²) in [5.41, 5.74) is 5.27. The highest BCUT2D eigenvalue weighted by atomic mass is 16.5. The van der Waals surface area contributed by atoms with Crippen molar-refractivity contribution in [3.8, 4) is 5.75 Å². The first-order chi connectivity index (χ1) is 20.2. The quantitative estimate of drug-likeness (QED) is 0.202. The minimum absolute atomic E-state index is 0.146. The van der Waals surface area contributed by atoms with E-state index < -0.39 is 0 Å². The van der Waals surface area contributed by atoms with Crippen molar-refractivity contribution in [1.82, 2.24) is 14.5 Å². The number of carbonyl (C=O) groups is 1. The molecule has 0 spiro atoms. The summed E-state index contributed by atoms with van der Waals surface area (Å²) < 4.78 is 8.13. The second-order valence-electron chi connectivity index (χ2n) is 12.2. The number of fused-ring (bicyclic) bond motifs is 2. The monoisotopic (exact) mass is 558 g/mol. The summed E-state index contributed by atoms with van der Waals surface area (Å²) in [6.07, 6.45) is 16.0. The van der Waals surface area contributed by atoms with E-state index in [0.717, 1.165) is 99.0 Å². The summed E-state index contributed by atoms with van der Waals surface area (Å²) in [4.78, 5) is 20.7. The Morgan fingerprint density at radius 3 is 2.54 bits per heavy atom. The number of aryl methyl sites for hydroxylation is 1. The molecule has 0 radical (unpaired) electrons. The number of benzene rings is 2. The molecular formula is C35H50N4O2. The van der Waals surface area contributed by atoms with Gasteiger partial charge in [-0.1, -0.05) is 77.3 Å². The van der Waals surface area contributed by atoms with Crippen molar-refractivity contribution in [2.24, 2.45) is 5.92 Å². The largest absolute Gasteiger partial charge is 0.493 e. The molecule has 2 heterocycles. The second kappa shape index (κ2) is 14.7. The van der Waals surface area contributed by atoms with Gasteiger partial charge in [-0.3, -0.25) is 4.79 Å². The van der Waals surface area contributed by atoms with Crippen LogP contribution < -0.4 is 10.1 Å². The van der Waals surface area contributed by atoms with Gasteiger partial charge in [-0.25, -0.2) is 4.98 Å². The van der Waals surface area contributed by atoms with Gasteiger partial charge in [-0.05, 0) is 67.0 Å². The lowest BCUT2D eigenvalue weighted by Gasteiger charge is -2.22. The summed E-state index contributed by atoms with van der Waals surface area (Å²) in [5, 5.41) is 3.64. The van der Waals surface area contributed by atoms with Crippen LogP contribution in [0.1, 0.15) is 112 Å². The van der Waals surface area contributed by atoms with Crippen molar-refractivity contribution >= 4 is 22.9 Å². The van der Waals surface area contributed by atoms with Crippen LogP contribution in [-0.2, 0) is 19.5 Å². The van der Waals surface area contributed by atoms with Gasteiger partial charge in [0.1, 0.15) is 5.75 Å². The van der Waals surface area contributed by atoms with Crippen molar-refractivity contribution in [3.05, 3.63) is 53.1 Å². The summed E-state index contributed by atoms with van der Waals surface area (Å²) in [6.45, 7) is 8.40. The van der Waals surface area contributed by atoms with Gasteiger partial charge in [-0.2, -0.15) is 0 Å². The first-order valence-electron chi connectivity index (χ1n) is 16.4. The molecule has 1 fully saturated rings. The molecular weight excluding hydrogens is 508 g/mol. The number of hydrogen-bond acceptors (Lipinski definition) is 4. The Morgan fingerprint density at radius 1 is 1.00 bits per heavy atom. The van der Waals surface area contributed by atoms with E-state index in [2.05, 4.69) is 52.9 Å². The average molecular weight is 559 g/mol. The predicted molar refractivity (Wildman–Crippen MR) is 169 cm³/mol. The molecule has 0 atom stereocenters. The molecule has 41 heavy (non-hydrogen) atoms. The molecule has 1 amide bonds. The molecule has 5 rings (SSSR count). The molecule has 2 aliphatic rings. The van der Waals surface area contributed by atoms with Crippen molar-refractivity contribution in [2.75, 3.05) is 25.0 Å². The van der Waals surface area contributed by atoms with Crippen LogP contribution in [-0.4, -0.2) is 40.1 Å². The minimum Gasteiger partial charge on any atom is -0.493 e. The summed E-state index contributed by atoms with van der Waals surface area (Å²) in [6, 6.07) is 12.6. The van der Waals surface area contributed by atoms with E-state index in [1.807, 2.05) is 12.1 Å². The van der Waals surface area contributed by atoms with E-state index >= 15 is 0 Å². The third-order valence-electron chi connectivity index (χ3n) is 9.03. The number of carbonyl (C=O) groups excluding carboxylic acids is 1. The van der Waals surface area contributed by atoms with E-state index in [-0.39, 0.29) is 5.91 Å². The van der Waals surface area contributed by atoms with E-state index in [9.17, 15) is 4.79 Å². The van der Waals surface area contributed by atoms with Crippen LogP contribution in [0.2, 0.25) is 0 Å². The average Bonchev–Trinajstić information content (AvgIpc) is 3.50. The number of hydrogen-bond donors (Lipinski definition) is 1. The number of rotatable bonds is 14. The number of unbranched alkanes of at least 4 members (excludes halogenated alkanes) is 2. The number of amides is 1. The number of nitrogens with zero attached hydrogens (tertiary/aromatic N) is 3. The molecule has 222 valence electrons. The maximum atomic E-state index is 13.6. The highest BCUT2D eigenvalue weighted by Crippen LogP contribution is 2.29. The van der Waals surface area contributed by atoms with Crippen molar-refractivity contribution in [1.29, 1.82) is 0 Å². The molecule has 2 aromatic carbocycles. The Labute approximate surface area is 246 Å². The van der Waals surface area contributed by atoms with Crippen LogP contribution >= 0.6 is 0 Å². The van der Waals surface area contributed by atoms with Crippen LogP contribution in [0.25, 0.3) is 11.0 Å². The predicted octanol–water partition coefficient (Wildman–Crippen LogP) is 8.38. The lowest BCUT2D eigenvalue weighted by Crippen LogP contribution is -2.33. The van der Waals surface area contributed by atoms with Gasteiger partial charge < -0.3 is 19.5 Å². The summed E-state index contributed by atoms with van der Waals surface area (Å²) >= 11 is 0. The van der Waals surface area contributed by atoms with E-state index in [0.29, 0.717) is 6.54 Å². The molecule has 3 aromatic rings. The van der Waals surface area contributed by atoms with Crippen LogP contribution in [0, 0.1) is 5.92 Å². The lowest BCUT2D eigenvalue weighted by molar-refractivity contribution is 0.0751. The molecule has 1 aliphatic heterocycles. The van der Waals surface area contributed by atoms with E-state index in [4.69, 9.17) is 9.72 Å². The molecule has 1 N–H and O–H groups in total. The third kappa shape index (κ3) is 7.64. The highest BCUT2D eigenvalue weighted by molar-refractivity contribution is 5.97.